The molecule has 1 unspecified atom stereocenters. The van der Waals surface area contributed by atoms with Crippen molar-refractivity contribution >= 4 is 27.9 Å². The number of aryl methyl sites for hydroxylation is 2. The second-order valence-electron chi connectivity index (χ2n) is 7.74. The van der Waals surface area contributed by atoms with Crippen molar-refractivity contribution < 1.29 is 9.90 Å². The summed E-state index contributed by atoms with van der Waals surface area (Å²) in [6.07, 6.45) is 2.54. The largest absolute Gasteiger partial charge is 0.481 e. The van der Waals surface area contributed by atoms with Crippen molar-refractivity contribution in [2.24, 2.45) is 7.05 Å². The Balaban J connectivity index is 1.85. The van der Waals surface area contributed by atoms with E-state index in [4.69, 9.17) is 5.11 Å². The number of rotatable bonds is 6. The summed E-state index contributed by atoms with van der Waals surface area (Å²) in [5, 5.41) is 10.2. The molecule has 2 aromatic heterocycles. The number of carboxylic acid groups (broad SMARTS) is 1. The van der Waals surface area contributed by atoms with Crippen LogP contribution in [0.1, 0.15) is 36.9 Å². The lowest BCUT2D eigenvalue weighted by Gasteiger charge is -2.12. The highest BCUT2D eigenvalue weighted by Gasteiger charge is 2.19. The third-order valence-electron chi connectivity index (χ3n) is 5.72. The van der Waals surface area contributed by atoms with Gasteiger partial charge in [-0.2, -0.15) is 0 Å². The van der Waals surface area contributed by atoms with Gasteiger partial charge in [-0.05, 0) is 49.6 Å². The van der Waals surface area contributed by atoms with Crippen LogP contribution < -0.4 is 5.69 Å². The van der Waals surface area contributed by atoms with Gasteiger partial charge in [0.1, 0.15) is 0 Å². The summed E-state index contributed by atoms with van der Waals surface area (Å²) in [6, 6.07) is 13.8. The molecule has 0 saturated heterocycles. The van der Waals surface area contributed by atoms with Crippen molar-refractivity contribution in [1.82, 2.24) is 13.7 Å². The van der Waals surface area contributed by atoms with E-state index < -0.39 is 5.97 Å². The summed E-state index contributed by atoms with van der Waals surface area (Å²) >= 11 is 0. The van der Waals surface area contributed by atoms with Gasteiger partial charge in [-0.3, -0.25) is 13.9 Å². The van der Waals surface area contributed by atoms with Crippen LogP contribution in [0.3, 0.4) is 0 Å². The first-order valence-corrected chi connectivity index (χ1v) is 9.83. The number of carbonyl (C=O) groups is 1. The number of fused-ring (bicyclic) bond motifs is 2. The Kier molecular flexibility index (Phi) is 4.78. The maximum atomic E-state index is 13.4. The fraction of sp³-hybridized carbons (Fsp3) is 0.304. The number of aliphatic carboxylic acids is 1. The van der Waals surface area contributed by atoms with Crippen LogP contribution in [0.4, 0.5) is 0 Å². The van der Waals surface area contributed by atoms with Crippen molar-refractivity contribution in [3.8, 4) is 0 Å². The van der Waals surface area contributed by atoms with Gasteiger partial charge in [0.15, 0.2) is 0 Å². The van der Waals surface area contributed by atoms with Gasteiger partial charge >= 0.3 is 11.7 Å². The van der Waals surface area contributed by atoms with Crippen molar-refractivity contribution in [1.29, 1.82) is 0 Å². The van der Waals surface area contributed by atoms with E-state index >= 15 is 0 Å². The highest BCUT2D eigenvalue weighted by atomic mass is 16.4. The van der Waals surface area contributed by atoms with Crippen LogP contribution >= 0.6 is 0 Å². The summed E-state index contributed by atoms with van der Waals surface area (Å²) in [5.41, 5.74) is 5.03. The summed E-state index contributed by atoms with van der Waals surface area (Å²) in [4.78, 5) is 24.4. The van der Waals surface area contributed by atoms with Crippen molar-refractivity contribution in [2.45, 2.75) is 39.3 Å². The first-order chi connectivity index (χ1) is 13.9. The number of hydrogen-bond acceptors (Lipinski definition) is 2. The standard InChI is InChI=1S/C23H25N3O3/c1-15-7-6-10-20-22(15)17(13-24(20)3)14-25-18-8-4-5-9-19(18)26(23(25)29)16(2)11-12-21(27)28/h4-10,13,16H,11-12,14H2,1-3H3,(H,27,28). The Morgan fingerprint density at radius 1 is 1.07 bits per heavy atom. The van der Waals surface area contributed by atoms with E-state index in [9.17, 15) is 9.59 Å². The van der Waals surface area contributed by atoms with Gasteiger partial charge < -0.3 is 9.67 Å². The molecule has 0 spiro atoms. The van der Waals surface area contributed by atoms with E-state index in [1.165, 1.54) is 10.9 Å². The van der Waals surface area contributed by atoms with Gasteiger partial charge in [0.25, 0.3) is 0 Å². The molecule has 4 rings (SSSR count). The minimum atomic E-state index is -0.847. The molecule has 150 valence electrons. The molecule has 0 aliphatic rings. The van der Waals surface area contributed by atoms with Crippen LogP contribution in [0.5, 0.6) is 0 Å². The minimum Gasteiger partial charge on any atom is -0.481 e. The molecule has 6 heteroatoms. The molecular weight excluding hydrogens is 366 g/mol. The normalized spacial score (nSPS) is 12.7. The second kappa shape index (κ2) is 7.28. The maximum Gasteiger partial charge on any atom is 0.329 e. The average molecular weight is 391 g/mol. The van der Waals surface area contributed by atoms with E-state index in [1.807, 2.05) is 44.3 Å². The van der Waals surface area contributed by atoms with E-state index in [0.29, 0.717) is 13.0 Å². The number of nitrogens with zero attached hydrogens (tertiary/aromatic N) is 3. The first-order valence-electron chi connectivity index (χ1n) is 9.83. The molecule has 0 radical (unpaired) electrons. The molecule has 0 fully saturated rings. The Morgan fingerprint density at radius 2 is 1.76 bits per heavy atom. The quantitative estimate of drug-likeness (QED) is 0.538. The Morgan fingerprint density at radius 3 is 2.48 bits per heavy atom. The van der Waals surface area contributed by atoms with Crippen molar-refractivity contribution in [3.63, 3.8) is 0 Å². The third-order valence-corrected chi connectivity index (χ3v) is 5.72. The van der Waals surface area contributed by atoms with Crippen LogP contribution in [-0.2, 0) is 18.4 Å². The lowest BCUT2D eigenvalue weighted by molar-refractivity contribution is -0.137. The average Bonchev–Trinajstić information content (AvgIpc) is 3.16. The molecule has 4 aromatic rings. The fourth-order valence-electron chi connectivity index (χ4n) is 4.29. The topological polar surface area (TPSA) is 69.2 Å². The zero-order valence-corrected chi connectivity index (χ0v) is 16.9. The Bertz CT molecular complexity index is 1280. The van der Waals surface area contributed by atoms with Crippen LogP contribution in [-0.4, -0.2) is 24.8 Å². The number of benzene rings is 2. The van der Waals surface area contributed by atoms with E-state index in [2.05, 4.69) is 29.8 Å². The molecule has 1 atom stereocenters. The molecule has 6 nitrogen and oxygen atoms in total. The fourth-order valence-corrected chi connectivity index (χ4v) is 4.29. The summed E-state index contributed by atoms with van der Waals surface area (Å²) in [7, 11) is 2.02. The Labute approximate surface area is 168 Å². The number of aromatic nitrogens is 3. The molecule has 29 heavy (non-hydrogen) atoms. The smallest absolute Gasteiger partial charge is 0.329 e. The van der Waals surface area contributed by atoms with Crippen LogP contribution in [0, 0.1) is 6.92 Å². The highest BCUT2D eigenvalue weighted by molar-refractivity contribution is 5.87. The highest BCUT2D eigenvalue weighted by Crippen LogP contribution is 2.26. The SMILES string of the molecule is Cc1cccc2c1c(Cn1c(=O)n(C(C)CCC(=O)O)c3ccccc31)cn2C. The van der Waals surface area contributed by atoms with Crippen LogP contribution in [0.15, 0.2) is 53.5 Å². The van der Waals surface area contributed by atoms with E-state index in [1.54, 1.807) is 9.13 Å². The molecule has 2 heterocycles. The number of imidazole rings is 1. The summed E-state index contributed by atoms with van der Waals surface area (Å²) < 4.78 is 5.63. The third kappa shape index (κ3) is 3.24. The minimum absolute atomic E-state index is 0.0373. The monoisotopic (exact) mass is 391 g/mol. The number of para-hydroxylation sites is 2. The first kappa shape index (κ1) is 19.1. The van der Waals surface area contributed by atoms with Crippen LogP contribution in [0.25, 0.3) is 21.9 Å². The zero-order chi connectivity index (χ0) is 20.7. The Hall–Kier alpha value is -3.28. The molecule has 0 aliphatic carbocycles. The molecule has 0 aliphatic heterocycles. The van der Waals surface area contributed by atoms with Gasteiger partial charge in [-0.15, -0.1) is 0 Å². The molecule has 0 amide bonds. The second-order valence-corrected chi connectivity index (χ2v) is 7.74. The van der Waals surface area contributed by atoms with Gasteiger partial charge in [0.2, 0.25) is 0 Å². The van der Waals surface area contributed by atoms with Crippen molar-refractivity contribution in [2.75, 3.05) is 0 Å². The van der Waals surface area contributed by atoms with Gasteiger partial charge in [-0.25, -0.2) is 4.79 Å². The maximum absolute atomic E-state index is 13.4. The summed E-state index contributed by atoms with van der Waals surface area (Å²) in [5.74, 6) is -0.847. The van der Waals surface area contributed by atoms with Gasteiger partial charge in [0.05, 0.1) is 17.6 Å². The van der Waals surface area contributed by atoms with Gasteiger partial charge in [0, 0.05) is 36.6 Å². The lowest BCUT2D eigenvalue weighted by Crippen LogP contribution is -2.27. The van der Waals surface area contributed by atoms with Crippen molar-refractivity contribution in [3.05, 3.63) is 70.3 Å². The predicted octanol–water partition coefficient (Wildman–Crippen LogP) is 4.08. The zero-order valence-electron chi connectivity index (χ0n) is 16.9. The predicted molar refractivity (Wildman–Crippen MR) is 115 cm³/mol. The summed E-state index contributed by atoms with van der Waals surface area (Å²) in [6.45, 7) is 4.47. The molecule has 0 saturated carbocycles. The lowest BCUT2D eigenvalue weighted by atomic mass is 10.1. The molecular formula is C23H25N3O3. The molecule has 2 aromatic carbocycles. The van der Waals surface area contributed by atoms with Crippen LogP contribution in [0.2, 0.25) is 0 Å². The molecule has 0 bridgehead atoms. The van der Waals surface area contributed by atoms with E-state index in [0.717, 1.165) is 22.1 Å². The molecule has 1 N–H and O–H groups in total. The van der Waals surface area contributed by atoms with Gasteiger partial charge in [-0.1, -0.05) is 24.3 Å². The number of hydrogen-bond donors (Lipinski definition) is 1. The van der Waals surface area contributed by atoms with E-state index in [-0.39, 0.29) is 18.2 Å². The number of carboxylic acids is 1.